The minimum absolute atomic E-state index is 0.126. The third-order valence-electron chi connectivity index (χ3n) is 13.8. The van der Waals surface area contributed by atoms with Gasteiger partial charge in [0, 0.05) is 79.7 Å². The lowest BCUT2D eigenvalue weighted by molar-refractivity contribution is -0.138. The first-order valence-corrected chi connectivity index (χ1v) is 36.3. The van der Waals surface area contributed by atoms with Crippen LogP contribution in [-0.4, -0.2) is 177 Å². The number of carboxylic acids is 1. The van der Waals surface area contributed by atoms with Crippen LogP contribution in [0.2, 0.25) is 51.4 Å². The molecule has 2 atom stereocenters. The molecule has 86 heavy (non-hydrogen) atoms. The number of rotatable bonds is 21. The van der Waals surface area contributed by atoms with E-state index in [-0.39, 0.29) is 48.2 Å². The van der Waals surface area contributed by atoms with E-state index < -0.39 is 46.0 Å². The van der Waals surface area contributed by atoms with Crippen molar-refractivity contribution < 1.29 is 52.8 Å². The number of hydrogen-bond acceptors (Lipinski definition) is 18. The van der Waals surface area contributed by atoms with Gasteiger partial charge in [-0.25, -0.2) is 34.7 Å². The van der Waals surface area contributed by atoms with Crippen molar-refractivity contribution in [1.82, 2.24) is 64.5 Å². The zero-order valence-electron chi connectivity index (χ0n) is 49.7. The van der Waals surface area contributed by atoms with Gasteiger partial charge < -0.3 is 63.3 Å². The summed E-state index contributed by atoms with van der Waals surface area (Å²) in [6.07, 6.45) is 9.38. The van der Waals surface area contributed by atoms with Crippen LogP contribution >= 0.6 is 31.9 Å². The van der Waals surface area contributed by atoms with Crippen LogP contribution in [0.3, 0.4) is 0 Å². The van der Waals surface area contributed by atoms with Gasteiger partial charge in [-0.05, 0) is 69.9 Å². The Hall–Kier alpha value is -7.88. The Morgan fingerprint density at radius 3 is 1.56 bits per heavy atom. The zero-order valence-corrected chi connectivity index (χ0v) is 54.8. The van der Waals surface area contributed by atoms with E-state index in [0.717, 1.165) is 12.1 Å². The Bertz CT molecular complexity index is 3700. The molecule has 0 radical (unpaired) electrons. The number of nitrogens with zero attached hydrogens (tertiary/aromatic N) is 12. The number of hydrogen-bond donors (Lipinski definition) is 4. The summed E-state index contributed by atoms with van der Waals surface area (Å²) in [4.78, 5) is 94.4. The third-order valence-corrected chi connectivity index (χ3v) is 17.9. The number of methoxy groups -OCH3 is 3. The van der Waals surface area contributed by atoms with Crippen LogP contribution in [0.25, 0.3) is 44.7 Å². The Morgan fingerprint density at radius 1 is 0.674 bits per heavy atom. The maximum atomic E-state index is 12.9. The minimum atomic E-state index is -1.20. The number of nitrogens with one attached hydrogen (secondary N) is 3. The molecule has 7 aromatic rings. The number of carboxylic acid groups (broad SMARTS) is 1. The lowest BCUT2D eigenvalue weighted by Crippen LogP contribution is -2.55. The number of nitriles is 2. The van der Waals surface area contributed by atoms with Crippen LogP contribution in [0.15, 0.2) is 58.5 Å². The smallest absolute Gasteiger partial charge is 0.339 e. The molecule has 6 aromatic heterocycles. The summed E-state index contributed by atoms with van der Waals surface area (Å²) in [6, 6.07) is 8.39. The molecular formula is C56H69Br2N15O11Si2. The third kappa shape index (κ3) is 16.3. The molecule has 2 aliphatic rings. The van der Waals surface area contributed by atoms with Crippen molar-refractivity contribution in [3.8, 4) is 40.6 Å². The Balaban J connectivity index is 0.000000190. The van der Waals surface area contributed by atoms with E-state index in [1.165, 1.54) is 33.7 Å². The second-order valence-electron chi connectivity index (χ2n) is 22.9. The fraction of sp³-hybridized carbons (Fsp3) is 0.446. The van der Waals surface area contributed by atoms with E-state index in [9.17, 15) is 29.1 Å². The van der Waals surface area contributed by atoms with E-state index in [1.807, 2.05) is 0 Å². The number of carbonyl (C=O) groups excluding carboxylic acids is 4. The largest absolute Gasteiger partial charge is 0.493 e. The number of aromatic amines is 1. The van der Waals surface area contributed by atoms with Crippen LogP contribution < -0.4 is 24.8 Å². The quantitative estimate of drug-likeness (QED) is 0.0398. The Morgan fingerprint density at radius 2 is 1.13 bits per heavy atom. The number of likely N-dealkylation sites (tertiary alicyclic amines) is 2. The number of halogens is 2. The van der Waals surface area contributed by atoms with E-state index in [4.69, 9.17) is 34.2 Å². The molecule has 2 fully saturated rings. The molecular weight excluding hydrogens is 1270 g/mol. The van der Waals surface area contributed by atoms with Crippen molar-refractivity contribution in [2.75, 3.05) is 60.7 Å². The molecule has 30 heteroatoms. The van der Waals surface area contributed by atoms with E-state index >= 15 is 0 Å². The SMILES string of the molecule is COc1cc(-c2cnc3[nH]cc(C(=O)N[C@H](C)C(=O)N4CC(C#N)C4)c3n2)cc(OC)c1OC.C[C@@H](NC(=O)c1cn(COCC[Si](C)(C)C)c2ncc(Br)nc12)C(=O)N1CC(C#N)C1.C[Si](C)(C)CCOCn1cc(C(=O)O)c2nc(Br)cnc21. The summed E-state index contributed by atoms with van der Waals surface area (Å²) >= 11 is 6.51. The van der Waals surface area contributed by atoms with Gasteiger partial charge in [0.15, 0.2) is 28.4 Å². The van der Waals surface area contributed by atoms with Crippen molar-refractivity contribution in [2.24, 2.45) is 11.8 Å². The fourth-order valence-corrected chi connectivity index (χ4v) is 10.9. The number of ether oxygens (including phenoxy) is 5. The van der Waals surface area contributed by atoms with Crippen molar-refractivity contribution in [3.63, 3.8) is 0 Å². The molecule has 4 N–H and O–H groups in total. The van der Waals surface area contributed by atoms with Gasteiger partial charge in [-0.15, -0.1) is 0 Å². The molecule has 8 heterocycles. The number of H-pyrrole nitrogens is 1. The van der Waals surface area contributed by atoms with E-state index in [1.54, 1.807) is 69.7 Å². The monoisotopic (exact) mass is 1340 g/mol. The number of carbonyl (C=O) groups is 5. The van der Waals surface area contributed by atoms with Gasteiger partial charge in [0.25, 0.3) is 11.8 Å². The molecule has 2 aliphatic heterocycles. The van der Waals surface area contributed by atoms with Gasteiger partial charge in [-0.2, -0.15) is 10.5 Å². The Kier molecular flexibility index (Phi) is 21.8. The van der Waals surface area contributed by atoms with Gasteiger partial charge >= 0.3 is 5.97 Å². The molecule has 456 valence electrons. The molecule has 2 saturated heterocycles. The van der Waals surface area contributed by atoms with Crippen LogP contribution in [0, 0.1) is 34.5 Å². The summed E-state index contributed by atoms with van der Waals surface area (Å²) < 4.78 is 32.1. The summed E-state index contributed by atoms with van der Waals surface area (Å²) in [5, 5.41) is 32.5. The van der Waals surface area contributed by atoms with Crippen LogP contribution in [-0.2, 0) is 32.5 Å². The molecule has 4 amide bonds. The van der Waals surface area contributed by atoms with E-state index in [0.29, 0.717) is 116 Å². The average Bonchev–Trinajstić information content (AvgIpc) is 3.33. The molecule has 0 spiro atoms. The van der Waals surface area contributed by atoms with Crippen molar-refractivity contribution >= 4 is 111 Å². The average molecular weight is 1340 g/mol. The highest BCUT2D eigenvalue weighted by Gasteiger charge is 2.35. The summed E-state index contributed by atoms with van der Waals surface area (Å²) in [5.74, 6) is -1.22. The highest BCUT2D eigenvalue weighted by molar-refractivity contribution is 9.10. The topological polar surface area (TPSA) is 333 Å². The fourth-order valence-electron chi connectivity index (χ4n) is 8.80. The molecule has 0 aliphatic carbocycles. The van der Waals surface area contributed by atoms with Crippen molar-refractivity contribution in [3.05, 3.63) is 75.2 Å². The maximum Gasteiger partial charge on any atom is 0.339 e. The van der Waals surface area contributed by atoms with Crippen LogP contribution in [0.4, 0.5) is 0 Å². The van der Waals surface area contributed by atoms with Crippen molar-refractivity contribution in [2.45, 2.75) is 90.8 Å². The highest BCUT2D eigenvalue weighted by Crippen LogP contribution is 2.41. The highest BCUT2D eigenvalue weighted by atomic mass is 79.9. The first-order valence-electron chi connectivity index (χ1n) is 27.3. The lowest BCUT2D eigenvalue weighted by atomic mass is 10.0. The summed E-state index contributed by atoms with van der Waals surface area (Å²) in [5.41, 5.74) is 4.52. The standard InChI is InChI=1S/C23H24N6O5.C20H27BrN6O3Si.C13H18BrN3O3Si/c1-12(23(31)29-10-13(7-24)11-29)27-22(30)15-8-25-21-19(15)28-16(9-26-21)14-5-17(32-2)20(34-4)18(6-14)33-3;1-13(20(29)26-9-14(7-22)10-26)24-19(28)15-11-27(12-30-5-6-31(2,3)4)18-17(15)25-16(21)8-23-18;1-21(2,3)5-4-20-8-17-7-9(13(18)19)11-12(17)15-6-10(14)16-11/h5-6,8-9,12-13H,10-11H2,1-4H3,(H,25,26)(H,27,30);8,11,13-14H,5-6,9-10,12H2,1-4H3,(H,24,28);6-7H,4-5,8H2,1-3H3,(H,18,19)/t12-;13-;/m11./s1. The van der Waals surface area contributed by atoms with Crippen molar-refractivity contribution in [1.29, 1.82) is 10.5 Å². The zero-order chi connectivity index (χ0) is 62.8. The summed E-state index contributed by atoms with van der Waals surface area (Å²) in [7, 11) is 2.23. The van der Waals surface area contributed by atoms with Crippen LogP contribution in [0.1, 0.15) is 44.9 Å². The van der Waals surface area contributed by atoms with E-state index in [2.05, 4.69) is 129 Å². The number of benzene rings is 1. The van der Waals surface area contributed by atoms with Crippen LogP contribution in [0.5, 0.6) is 17.2 Å². The molecule has 0 bridgehead atoms. The molecule has 0 saturated carbocycles. The number of fused-ring (bicyclic) bond motifs is 3. The maximum absolute atomic E-state index is 12.9. The predicted octanol–water partition coefficient (Wildman–Crippen LogP) is 7.56. The lowest BCUT2D eigenvalue weighted by Gasteiger charge is -2.37. The van der Waals surface area contributed by atoms with Gasteiger partial charge in [-0.3, -0.25) is 19.2 Å². The summed E-state index contributed by atoms with van der Waals surface area (Å²) in [6.45, 7) is 20.4. The second-order valence-corrected chi connectivity index (χ2v) is 35.7. The molecule has 26 nitrogen and oxygen atoms in total. The first kappa shape index (κ1) is 65.7. The second kappa shape index (κ2) is 28.5. The number of amides is 4. The number of aromatic nitrogens is 9. The molecule has 9 rings (SSSR count). The molecule has 1 aromatic carbocycles. The van der Waals surface area contributed by atoms with Gasteiger partial charge in [0.05, 0.1) is 80.7 Å². The Labute approximate surface area is 515 Å². The molecule has 0 unspecified atom stereocenters. The number of aromatic carboxylic acids is 1. The van der Waals surface area contributed by atoms with Gasteiger partial charge in [0.1, 0.15) is 56.9 Å². The minimum Gasteiger partial charge on any atom is -0.493 e. The first-order chi connectivity index (χ1) is 40.8. The van der Waals surface area contributed by atoms with Gasteiger partial charge in [-0.1, -0.05) is 39.3 Å². The predicted molar refractivity (Wildman–Crippen MR) is 330 cm³/mol. The van der Waals surface area contributed by atoms with Gasteiger partial charge in [0.2, 0.25) is 17.6 Å². The normalized spacial score (nSPS) is 14.1.